The molecule has 1 fully saturated rings. The maximum absolute atomic E-state index is 12.0. The molecule has 0 aromatic heterocycles. The summed E-state index contributed by atoms with van der Waals surface area (Å²) < 4.78 is 5.46. The third kappa shape index (κ3) is 4.82. The van der Waals surface area contributed by atoms with E-state index in [4.69, 9.17) is 16.9 Å². The van der Waals surface area contributed by atoms with E-state index in [2.05, 4.69) is 5.92 Å². The lowest BCUT2D eigenvalue weighted by Gasteiger charge is -2.31. The van der Waals surface area contributed by atoms with Gasteiger partial charge in [0.05, 0.1) is 5.92 Å². The highest BCUT2D eigenvalue weighted by atomic mass is 16.5. The second-order valence-corrected chi connectivity index (χ2v) is 4.83. The topological polar surface area (TPSA) is 72.6 Å². The van der Waals surface area contributed by atoms with Gasteiger partial charge in [0.25, 0.3) is 0 Å². The molecule has 0 saturated carbocycles. The number of primary amides is 1. The van der Waals surface area contributed by atoms with Gasteiger partial charge in [0.15, 0.2) is 0 Å². The molecule has 0 aromatic rings. The summed E-state index contributed by atoms with van der Waals surface area (Å²) in [6.45, 7) is 2.94. The molecule has 106 valence electrons. The third-order valence-corrected chi connectivity index (χ3v) is 3.42. The smallest absolute Gasteiger partial charge is 0.314 e. The number of nitrogens with two attached hydrogens (primary N) is 1. The molecular formula is C14H22N2O3. The maximum atomic E-state index is 12.0. The number of ether oxygens (including phenoxy) is 1. The van der Waals surface area contributed by atoms with E-state index in [-0.39, 0.29) is 18.0 Å². The van der Waals surface area contributed by atoms with E-state index in [0.717, 1.165) is 19.3 Å². The summed E-state index contributed by atoms with van der Waals surface area (Å²) >= 11 is 0. The molecule has 0 aromatic carbocycles. The zero-order valence-electron chi connectivity index (χ0n) is 11.4. The molecule has 0 radical (unpaired) electrons. The number of rotatable bonds is 5. The third-order valence-electron chi connectivity index (χ3n) is 3.42. The Bertz CT molecular complexity index is 362. The van der Waals surface area contributed by atoms with E-state index < -0.39 is 6.03 Å². The van der Waals surface area contributed by atoms with Crippen molar-refractivity contribution in [2.45, 2.75) is 45.1 Å². The average Bonchev–Trinajstić information content (AvgIpc) is 2.43. The lowest BCUT2D eigenvalue weighted by atomic mass is 9.98. The molecule has 0 spiro atoms. The number of urea groups is 1. The predicted molar refractivity (Wildman–Crippen MR) is 72.1 cm³/mol. The van der Waals surface area contributed by atoms with Gasteiger partial charge in [0, 0.05) is 19.5 Å². The zero-order chi connectivity index (χ0) is 14.3. The number of piperidine rings is 1. The number of nitrogens with zero attached hydrogens (tertiary/aromatic N) is 1. The molecule has 1 rings (SSSR count). The Labute approximate surface area is 114 Å². The number of carbonyl (C=O) groups excluding carboxylic acids is 2. The fourth-order valence-electron chi connectivity index (χ4n) is 2.22. The lowest BCUT2D eigenvalue weighted by molar-refractivity contribution is -0.156. The van der Waals surface area contributed by atoms with Crippen molar-refractivity contribution in [1.82, 2.24) is 4.90 Å². The van der Waals surface area contributed by atoms with E-state index in [1.54, 1.807) is 0 Å². The second kappa shape index (κ2) is 7.67. The van der Waals surface area contributed by atoms with Crippen LogP contribution in [0.5, 0.6) is 0 Å². The van der Waals surface area contributed by atoms with Gasteiger partial charge >= 0.3 is 12.0 Å². The Balaban J connectivity index is 2.47. The molecule has 2 amide bonds. The highest BCUT2D eigenvalue weighted by Crippen LogP contribution is 2.19. The molecular weight excluding hydrogens is 244 g/mol. The van der Waals surface area contributed by atoms with Crippen LogP contribution in [0.1, 0.15) is 39.0 Å². The summed E-state index contributed by atoms with van der Waals surface area (Å²) in [5.41, 5.74) is 5.24. The van der Waals surface area contributed by atoms with Gasteiger partial charge in [-0.3, -0.25) is 4.79 Å². The highest BCUT2D eigenvalue weighted by Gasteiger charge is 2.29. The largest absolute Gasteiger partial charge is 0.462 e. The summed E-state index contributed by atoms with van der Waals surface area (Å²) in [6.07, 6.45) is 8.64. The minimum atomic E-state index is -0.475. The summed E-state index contributed by atoms with van der Waals surface area (Å²) in [5, 5.41) is 0. The number of hydrogen-bond acceptors (Lipinski definition) is 3. The zero-order valence-corrected chi connectivity index (χ0v) is 11.4. The Hall–Kier alpha value is -1.70. The first kappa shape index (κ1) is 15.4. The first-order chi connectivity index (χ1) is 9.08. The molecule has 1 heterocycles. The van der Waals surface area contributed by atoms with Crippen LogP contribution in [0.15, 0.2) is 0 Å². The molecule has 19 heavy (non-hydrogen) atoms. The maximum Gasteiger partial charge on any atom is 0.314 e. The molecule has 0 aliphatic carbocycles. The van der Waals surface area contributed by atoms with E-state index in [9.17, 15) is 9.59 Å². The molecule has 2 unspecified atom stereocenters. The van der Waals surface area contributed by atoms with Crippen LogP contribution in [0, 0.1) is 18.3 Å². The van der Waals surface area contributed by atoms with Gasteiger partial charge in [-0.2, -0.15) is 0 Å². The van der Waals surface area contributed by atoms with E-state index in [1.165, 1.54) is 4.90 Å². The van der Waals surface area contributed by atoms with Crippen LogP contribution in [-0.4, -0.2) is 36.1 Å². The highest BCUT2D eigenvalue weighted by molar-refractivity contribution is 5.76. The van der Waals surface area contributed by atoms with Crippen LogP contribution in [-0.2, 0) is 9.53 Å². The van der Waals surface area contributed by atoms with Crippen molar-refractivity contribution >= 4 is 12.0 Å². The Morgan fingerprint density at radius 3 is 2.89 bits per heavy atom. The molecule has 2 N–H and O–H groups in total. The standard InChI is InChI=1S/C14H22N2O3/c1-3-5-8-12(4-2)19-13(17)11-7-6-9-16(10-11)14(15)18/h1,11-12H,4-10H2,2H3,(H2,15,18). The molecule has 5 nitrogen and oxygen atoms in total. The first-order valence-electron chi connectivity index (χ1n) is 6.76. The van der Waals surface area contributed by atoms with E-state index in [0.29, 0.717) is 25.9 Å². The van der Waals surface area contributed by atoms with E-state index in [1.807, 2.05) is 6.92 Å². The summed E-state index contributed by atoms with van der Waals surface area (Å²) in [4.78, 5) is 24.7. The average molecular weight is 266 g/mol. The van der Waals surface area contributed by atoms with Gasteiger partial charge < -0.3 is 15.4 Å². The number of terminal acetylenes is 1. The van der Waals surface area contributed by atoms with Crippen molar-refractivity contribution in [3.05, 3.63) is 0 Å². The quantitative estimate of drug-likeness (QED) is 0.605. The first-order valence-corrected chi connectivity index (χ1v) is 6.76. The predicted octanol–water partition coefficient (Wildman–Crippen LogP) is 1.51. The van der Waals surface area contributed by atoms with Crippen LogP contribution in [0.25, 0.3) is 0 Å². The normalized spacial score (nSPS) is 20.4. The number of amides is 2. The van der Waals surface area contributed by atoms with Gasteiger partial charge in [0.2, 0.25) is 0 Å². The fourth-order valence-corrected chi connectivity index (χ4v) is 2.22. The van der Waals surface area contributed by atoms with Crippen molar-refractivity contribution in [2.24, 2.45) is 11.7 Å². The van der Waals surface area contributed by atoms with Crippen molar-refractivity contribution in [2.75, 3.05) is 13.1 Å². The molecule has 0 bridgehead atoms. The Morgan fingerprint density at radius 2 is 2.32 bits per heavy atom. The van der Waals surface area contributed by atoms with Crippen LogP contribution in [0.3, 0.4) is 0 Å². The van der Waals surface area contributed by atoms with Crippen molar-refractivity contribution < 1.29 is 14.3 Å². The van der Waals surface area contributed by atoms with Crippen LogP contribution < -0.4 is 5.73 Å². The summed E-state index contributed by atoms with van der Waals surface area (Å²) in [7, 11) is 0. The molecule has 2 atom stereocenters. The van der Waals surface area contributed by atoms with Gasteiger partial charge in [-0.15, -0.1) is 12.3 Å². The number of esters is 1. The fraction of sp³-hybridized carbons (Fsp3) is 0.714. The van der Waals surface area contributed by atoms with Gasteiger partial charge in [-0.1, -0.05) is 6.92 Å². The van der Waals surface area contributed by atoms with Crippen LogP contribution in [0.4, 0.5) is 4.79 Å². The summed E-state index contributed by atoms with van der Waals surface area (Å²) in [6, 6.07) is -0.475. The van der Waals surface area contributed by atoms with E-state index >= 15 is 0 Å². The van der Waals surface area contributed by atoms with Gasteiger partial charge in [-0.05, 0) is 25.7 Å². The molecule has 1 saturated heterocycles. The monoisotopic (exact) mass is 266 g/mol. The van der Waals surface area contributed by atoms with Gasteiger partial charge in [-0.25, -0.2) is 4.79 Å². The summed E-state index contributed by atoms with van der Waals surface area (Å²) in [5.74, 6) is 2.04. The van der Waals surface area contributed by atoms with Crippen LogP contribution in [0.2, 0.25) is 0 Å². The Morgan fingerprint density at radius 1 is 1.58 bits per heavy atom. The second-order valence-electron chi connectivity index (χ2n) is 4.83. The number of carbonyl (C=O) groups is 2. The van der Waals surface area contributed by atoms with Crippen molar-refractivity contribution in [1.29, 1.82) is 0 Å². The molecule has 5 heteroatoms. The minimum Gasteiger partial charge on any atom is -0.462 e. The SMILES string of the molecule is C#CCCC(CC)OC(=O)C1CCCN(C(N)=O)C1. The van der Waals surface area contributed by atoms with Crippen molar-refractivity contribution in [3.8, 4) is 12.3 Å². The number of hydrogen-bond donors (Lipinski definition) is 1. The number of likely N-dealkylation sites (tertiary alicyclic amines) is 1. The van der Waals surface area contributed by atoms with Crippen LogP contribution >= 0.6 is 0 Å². The molecule has 1 aliphatic rings. The van der Waals surface area contributed by atoms with Gasteiger partial charge in [0.1, 0.15) is 6.10 Å². The van der Waals surface area contributed by atoms with Crippen molar-refractivity contribution in [3.63, 3.8) is 0 Å². The Kier molecular flexibility index (Phi) is 6.20. The minimum absolute atomic E-state index is 0.132. The molecule has 1 aliphatic heterocycles. The lowest BCUT2D eigenvalue weighted by Crippen LogP contribution is -2.45.